The molecule has 0 aliphatic rings. The topological polar surface area (TPSA) is 43.6 Å². The predicted molar refractivity (Wildman–Crippen MR) is 60.6 cm³/mol. The number of fused-ring (bicyclic) bond motifs is 1. The first-order chi connectivity index (χ1) is 8.04. The van der Waals surface area contributed by atoms with Crippen molar-refractivity contribution in [2.24, 2.45) is 0 Å². The summed E-state index contributed by atoms with van der Waals surface area (Å²) >= 11 is 0. The third-order valence-corrected chi connectivity index (χ3v) is 2.48. The Morgan fingerprint density at radius 2 is 2.18 bits per heavy atom. The van der Waals surface area contributed by atoms with Crippen LogP contribution in [0.1, 0.15) is 28.7 Å². The van der Waals surface area contributed by atoms with Crippen molar-refractivity contribution in [3.8, 4) is 0 Å². The second-order valence-corrected chi connectivity index (χ2v) is 3.80. The second kappa shape index (κ2) is 4.16. The summed E-state index contributed by atoms with van der Waals surface area (Å²) in [5.74, 6) is -1.06. The molecular weight excluding hydrogens is 223 g/mol. The van der Waals surface area contributed by atoms with Gasteiger partial charge in [-0.2, -0.15) is 4.39 Å². The molecule has 0 atom stereocenters. The predicted octanol–water partition coefficient (Wildman–Crippen LogP) is 2.27. The van der Waals surface area contributed by atoms with Gasteiger partial charge in [-0.05, 0) is 26.8 Å². The van der Waals surface area contributed by atoms with Gasteiger partial charge in [0.1, 0.15) is 5.56 Å². The largest absolute Gasteiger partial charge is 0.462 e. The van der Waals surface area contributed by atoms with Crippen LogP contribution in [0.25, 0.3) is 5.65 Å². The highest BCUT2D eigenvalue weighted by Crippen LogP contribution is 2.18. The zero-order valence-electron chi connectivity index (χ0n) is 9.95. The minimum atomic E-state index is -0.550. The molecule has 0 radical (unpaired) electrons. The molecule has 0 saturated heterocycles. The van der Waals surface area contributed by atoms with Crippen molar-refractivity contribution in [3.05, 3.63) is 35.0 Å². The lowest BCUT2D eigenvalue weighted by Gasteiger charge is -2.04. The van der Waals surface area contributed by atoms with Crippen molar-refractivity contribution in [1.82, 2.24) is 9.38 Å². The van der Waals surface area contributed by atoms with Gasteiger partial charge in [0.05, 0.1) is 6.61 Å². The van der Waals surface area contributed by atoms with Crippen LogP contribution in [0.5, 0.6) is 0 Å². The van der Waals surface area contributed by atoms with Gasteiger partial charge in [0, 0.05) is 17.5 Å². The number of hydrogen-bond donors (Lipinski definition) is 0. The van der Waals surface area contributed by atoms with E-state index in [1.54, 1.807) is 26.8 Å². The third-order valence-electron chi connectivity index (χ3n) is 2.48. The van der Waals surface area contributed by atoms with E-state index < -0.39 is 11.9 Å². The fourth-order valence-electron chi connectivity index (χ4n) is 1.84. The van der Waals surface area contributed by atoms with E-state index in [1.165, 1.54) is 4.40 Å². The first-order valence-electron chi connectivity index (χ1n) is 5.37. The van der Waals surface area contributed by atoms with Crippen molar-refractivity contribution in [1.29, 1.82) is 0 Å². The molecule has 4 nitrogen and oxygen atoms in total. The zero-order chi connectivity index (χ0) is 12.6. The van der Waals surface area contributed by atoms with Crippen molar-refractivity contribution in [3.63, 3.8) is 0 Å². The molecular formula is C12H13FN2O2. The minimum Gasteiger partial charge on any atom is -0.462 e. The first-order valence-corrected chi connectivity index (χ1v) is 5.37. The summed E-state index contributed by atoms with van der Waals surface area (Å²) in [5, 5.41) is 0. The molecule has 0 saturated carbocycles. The summed E-state index contributed by atoms with van der Waals surface area (Å²) in [5.41, 5.74) is 1.90. The molecule has 0 aromatic carbocycles. The fraction of sp³-hybridized carbons (Fsp3) is 0.333. The third kappa shape index (κ3) is 1.88. The monoisotopic (exact) mass is 236 g/mol. The average Bonchev–Trinajstić information content (AvgIpc) is 2.56. The van der Waals surface area contributed by atoms with Crippen molar-refractivity contribution in [2.75, 3.05) is 6.61 Å². The quantitative estimate of drug-likeness (QED) is 0.751. The molecule has 5 heteroatoms. The summed E-state index contributed by atoms with van der Waals surface area (Å²) in [6.45, 7) is 5.52. The van der Waals surface area contributed by atoms with Gasteiger partial charge in [0.25, 0.3) is 0 Å². The Morgan fingerprint density at radius 1 is 1.47 bits per heavy atom. The van der Waals surface area contributed by atoms with Gasteiger partial charge >= 0.3 is 5.97 Å². The summed E-state index contributed by atoms with van der Waals surface area (Å²) in [7, 11) is 0. The van der Waals surface area contributed by atoms with E-state index in [1.807, 2.05) is 0 Å². The molecule has 2 heterocycles. The number of nitrogens with zero attached hydrogens (tertiary/aromatic N) is 2. The highest BCUT2D eigenvalue weighted by Gasteiger charge is 2.19. The van der Waals surface area contributed by atoms with E-state index in [2.05, 4.69) is 4.98 Å². The minimum absolute atomic E-state index is 0.163. The van der Waals surface area contributed by atoms with E-state index in [0.717, 1.165) is 11.8 Å². The molecule has 2 aromatic rings. The average molecular weight is 236 g/mol. The lowest BCUT2D eigenvalue weighted by Crippen LogP contribution is -2.06. The van der Waals surface area contributed by atoms with Crippen LogP contribution in [0.15, 0.2) is 12.1 Å². The van der Waals surface area contributed by atoms with Crippen molar-refractivity contribution in [2.45, 2.75) is 20.8 Å². The summed E-state index contributed by atoms with van der Waals surface area (Å²) in [6.07, 6.45) is 0. The lowest BCUT2D eigenvalue weighted by atomic mass is 10.3. The SMILES string of the molecule is CCOC(=O)c1cc(F)n2c(C)cc(C)nc12. The van der Waals surface area contributed by atoms with Crippen molar-refractivity contribution < 1.29 is 13.9 Å². The molecule has 0 bridgehead atoms. The maximum atomic E-state index is 13.7. The zero-order valence-corrected chi connectivity index (χ0v) is 9.95. The highest BCUT2D eigenvalue weighted by molar-refractivity contribution is 5.96. The Labute approximate surface area is 98.0 Å². The molecule has 90 valence electrons. The normalized spacial score (nSPS) is 10.8. The van der Waals surface area contributed by atoms with Crippen LogP contribution in [-0.4, -0.2) is 22.0 Å². The highest BCUT2D eigenvalue weighted by atomic mass is 19.1. The van der Waals surface area contributed by atoms with Crippen LogP contribution in [-0.2, 0) is 4.74 Å². The van der Waals surface area contributed by atoms with E-state index in [-0.39, 0.29) is 12.2 Å². The Bertz CT molecular complexity index is 590. The first kappa shape index (κ1) is 11.6. The number of aromatic nitrogens is 2. The van der Waals surface area contributed by atoms with Gasteiger partial charge in [-0.15, -0.1) is 0 Å². The fourth-order valence-corrected chi connectivity index (χ4v) is 1.84. The molecule has 2 aromatic heterocycles. The molecule has 0 spiro atoms. The summed E-state index contributed by atoms with van der Waals surface area (Å²) in [6, 6.07) is 2.91. The number of carbonyl (C=O) groups is 1. The second-order valence-electron chi connectivity index (χ2n) is 3.80. The number of aryl methyl sites for hydroxylation is 2. The van der Waals surface area contributed by atoms with Crippen LogP contribution in [0.3, 0.4) is 0 Å². The van der Waals surface area contributed by atoms with Crippen LogP contribution in [0, 0.1) is 19.8 Å². The number of halogens is 1. The number of ether oxygens (including phenoxy) is 1. The maximum Gasteiger partial charge on any atom is 0.342 e. The number of rotatable bonds is 2. The standard InChI is InChI=1S/C12H13FN2O2/c1-4-17-12(16)9-6-10(13)15-8(3)5-7(2)14-11(9)15/h5-6H,4H2,1-3H3. The van der Waals surface area contributed by atoms with Gasteiger partial charge in [0.15, 0.2) is 5.65 Å². The van der Waals surface area contributed by atoms with Gasteiger partial charge in [-0.3, -0.25) is 4.40 Å². The Morgan fingerprint density at radius 3 is 2.82 bits per heavy atom. The molecule has 2 rings (SSSR count). The number of esters is 1. The Balaban J connectivity index is 2.70. The lowest BCUT2D eigenvalue weighted by molar-refractivity contribution is 0.0528. The van der Waals surface area contributed by atoms with E-state index in [0.29, 0.717) is 11.3 Å². The van der Waals surface area contributed by atoms with Gasteiger partial charge in [-0.1, -0.05) is 0 Å². The van der Waals surface area contributed by atoms with Gasteiger partial charge in [0.2, 0.25) is 5.95 Å². The van der Waals surface area contributed by atoms with Crippen LogP contribution in [0.4, 0.5) is 4.39 Å². The molecule has 0 amide bonds. The van der Waals surface area contributed by atoms with E-state index in [4.69, 9.17) is 4.74 Å². The Kier molecular flexibility index (Phi) is 2.83. The molecule has 0 N–H and O–H groups in total. The smallest absolute Gasteiger partial charge is 0.342 e. The number of hydrogen-bond acceptors (Lipinski definition) is 3. The number of carbonyl (C=O) groups excluding carboxylic acids is 1. The Hall–Kier alpha value is -1.91. The van der Waals surface area contributed by atoms with Gasteiger partial charge in [-0.25, -0.2) is 9.78 Å². The van der Waals surface area contributed by atoms with Crippen LogP contribution in [0.2, 0.25) is 0 Å². The molecule has 0 aliphatic carbocycles. The maximum absolute atomic E-state index is 13.7. The van der Waals surface area contributed by atoms with Crippen LogP contribution < -0.4 is 0 Å². The summed E-state index contributed by atoms with van der Waals surface area (Å²) in [4.78, 5) is 15.8. The molecule has 17 heavy (non-hydrogen) atoms. The van der Waals surface area contributed by atoms with E-state index in [9.17, 15) is 9.18 Å². The van der Waals surface area contributed by atoms with E-state index >= 15 is 0 Å². The molecule has 0 fully saturated rings. The molecule has 0 aliphatic heterocycles. The van der Waals surface area contributed by atoms with Crippen molar-refractivity contribution >= 4 is 11.6 Å². The van der Waals surface area contributed by atoms with Gasteiger partial charge < -0.3 is 4.74 Å². The summed E-state index contributed by atoms with van der Waals surface area (Å²) < 4.78 is 19.9. The van der Waals surface area contributed by atoms with Crippen LogP contribution >= 0.6 is 0 Å². The molecule has 0 unspecified atom stereocenters.